The molecule has 0 spiro atoms. The Balaban J connectivity index is 3.41. The van der Waals surface area contributed by atoms with Crippen LogP contribution in [0.2, 0.25) is 0 Å². The summed E-state index contributed by atoms with van der Waals surface area (Å²) in [5.74, 6) is 2.24. The van der Waals surface area contributed by atoms with Gasteiger partial charge < -0.3 is 14.8 Å². The molecule has 0 aromatic rings. The van der Waals surface area contributed by atoms with Crippen molar-refractivity contribution in [1.29, 1.82) is 0 Å². The zero-order valence-electron chi connectivity index (χ0n) is 13.0. The summed E-state index contributed by atoms with van der Waals surface area (Å²) in [6.45, 7) is 13.7. The molecule has 0 amide bonds. The first-order valence-corrected chi connectivity index (χ1v) is 7.35. The average Bonchev–Trinajstić information content (AvgIpc) is 2.32. The topological polar surface area (TPSA) is 30.5 Å². The van der Waals surface area contributed by atoms with Crippen molar-refractivity contribution in [3.05, 3.63) is 0 Å². The van der Waals surface area contributed by atoms with Crippen LogP contribution in [0.3, 0.4) is 0 Å². The molecule has 3 nitrogen and oxygen atoms in total. The molecule has 18 heavy (non-hydrogen) atoms. The van der Waals surface area contributed by atoms with Crippen LogP contribution in [0.5, 0.6) is 0 Å². The standard InChI is InChI=1S/C15H33NO2/c1-13(2)11-16-12-15(4)14(3)7-6-8-18-10-9-17-5/h13-16H,6-12H2,1-5H3. The van der Waals surface area contributed by atoms with Gasteiger partial charge in [0.15, 0.2) is 0 Å². The van der Waals surface area contributed by atoms with Crippen LogP contribution in [0.15, 0.2) is 0 Å². The van der Waals surface area contributed by atoms with E-state index in [4.69, 9.17) is 9.47 Å². The molecule has 1 N–H and O–H groups in total. The van der Waals surface area contributed by atoms with Gasteiger partial charge in [-0.25, -0.2) is 0 Å². The third-order valence-corrected chi connectivity index (χ3v) is 3.37. The van der Waals surface area contributed by atoms with E-state index in [-0.39, 0.29) is 0 Å². The first-order valence-electron chi connectivity index (χ1n) is 7.35. The zero-order chi connectivity index (χ0) is 13.8. The van der Waals surface area contributed by atoms with Crippen molar-refractivity contribution in [3.63, 3.8) is 0 Å². The van der Waals surface area contributed by atoms with Crippen LogP contribution in [-0.2, 0) is 9.47 Å². The SMILES string of the molecule is COCCOCCCC(C)C(C)CNCC(C)C. The van der Waals surface area contributed by atoms with Crippen molar-refractivity contribution < 1.29 is 9.47 Å². The third kappa shape index (κ3) is 11.0. The highest BCUT2D eigenvalue weighted by Gasteiger charge is 2.11. The highest BCUT2D eigenvalue weighted by Crippen LogP contribution is 2.16. The minimum absolute atomic E-state index is 0.699. The van der Waals surface area contributed by atoms with Crippen LogP contribution >= 0.6 is 0 Å². The Morgan fingerprint density at radius 1 is 0.889 bits per heavy atom. The molecule has 0 fully saturated rings. The van der Waals surface area contributed by atoms with E-state index in [0.717, 1.165) is 50.5 Å². The highest BCUT2D eigenvalue weighted by molar-refractivity contribution is 4.65. The number of hydrogen-bond donors (Lipinski definition) is 1. The summed E-state index contributed by atoms with van der Waals surface area (Å²) in [6, 6.07) is 0. The molecule has 2 unspecified atom stereocenters. The fourth-order valence-corrected chi connectivity index (χ4v) is 1.84. The molecular weight excluding hydrogens is 226 g/mol. The smallest absolute Gasteiger partial charge is 0.0700 e. The molecule has 0 saturated heterocycles. The van der Waals surface area contributed by atoms with E-state index in [9.17, 15) is 0 Å². The Bertz CT molecular complexity index is 174. The van der Waals surface area contributed by atoms with Crippen molar-refractivity contribution in [1.82, 2.24) is 5.32 Å². The van der Waals surface area contributed by atoms with E-state index in [0.29, 0.717) is 6.61 Å². The fraction of sp³-hybridized carbons (Fsp3) is 1.00. The Hall–Kier alpha value is -0.120. The predicted molar refractivity (Wildman–Crippen MR) is 78.0 cm³/mol. The molecular formula is C15H33NO2. The Kier molecular flexibility index (Phi) is 11.9. The summed E-state index contributed by atoms with van der Waals surface area (Å²) in [5, 5.41) is 3.54. The molecule has 0 radical (unpaired) electrons. The van der Waals surface area contributed by atoms with Gasteiger partial charge in [-0.2, -0.15) is 0 Å². The molecule has 110 valence electrons. The Morgan fingerprint density at radius 3 is 2.22 bits per heavy atom. The van der Waals surface area contributed by atoms with Gasteiger partial charge in [0, 0.05) is 13.7 Å². The summed E-state index contributed by atoms with van der Waals surface area (Å²) in [5.41, 5.74) is 0. The van der Waals surface area contributed by atoms with Crippen molar-refractivity contribution in [2.75, 3.05) is 40.0 Å². The van der Waals surface area contributed by atoms with E-state index >= 15 is 0 Å². The normalized spacial score (nSPS) is 15.0. The number of methoxy groups -OCH3 is 1. The molecule has 0 saturated carbocycles. The molecule has 0 aromatic heterocycles. The molecule has 0 aromatic carbocycles. The van der Waals surface area contributed by atoms with Crippen LogP contribution in [0, 0.1) is 17.8 Å². The minimum Gasteiger partial charge on any atom is -0.382 e. The van der Waals surface area contributed by atoms with Gasteiger partial charge >= 0.3 is 0 Å². The minimum atomic E-state index is 0.699. The Morgan fingerprint density at radius 2 is 1.61 bits per heavy atom. The quantitative estimate of drug-likeness (QED) is 0.547. The lowest BCUT2D eigenvalue weighted by Crippen LogP contribution is -2.28. The highest BCUT2D eigenvalue weighted by atomic mass is 16.5. The monoisotopic (exact) mass is 259 g/mol. The van der Waals surface area contributed by atoms with Crippen molar-refractivity contribution >= 4 is 0 Å². The summed E-state index contributed by atoms with van der Waals surface area (Å²) in [7, 11) is 1.71. The van der Waals surface area contributed by atoms with Gasteiger partial charge in [0.05, 0.1) is 13.2 Å². The number of rotatable bonds is 12. The van der Waals surface area contributed by atoms with Gasteiger partial charge in [-0.15, -0.1) is 0 Å². The molecule has 3 heteroatoms. The summed E-state index contributed by atoms with van der Waals surface area (Å²) in [6.07, 6.45) is 2.40. The summed E-state index contributed by atoms with van der Waals surface area (Å²) >= 11 is 0. The maximum absolute atomic E-state index is 5.48. The van der Waals surface area contributed by atoms with Crippen LogP contribution in [0.25, 0.3) is 0 Å². The first kappa shape index (κ1) is 17.9. The largest absolute Gasteiger partial charge is 0.382 e. The third-order valence-electron chi connectivity index (χ3n) is 3.37. The van der Waals surface area contributed by atoms with Crippen molar-refractivity contribution in [3.8, 4) is 0 Å². The molecule has 0 heterocycles. The van der Waals surface area contributed by atoms with E-state index in [1.807, 2.05) is 0 Å². The zero-order valence-corrected chi connectivity index (χ0v) is 13.0. The lowest BCUT2D eigenvalue weighted by Gasteiger charge is -2.21. The van der Waals surface area contributed by atoms with Crippen LogP contribution in [0.1, 0.15) is 40.5 Å². The lowest BCUT2D eigenvalue weighted by molar-refractivity contribution is 0.0665. The maximum Gasteiger partial charge on any atom is 0.0700 e. The molecule has 2 atom stereocenters. The number of hydrogen-bond acceptors (Lipinski definition) is 3. The van der Waals surface area contributed by atoms with Crippen molar-refractivity contribution in [2.24, 2.45) is 17.8 Å². The van der Waals surface area contributed by atoms with Crippen LogP contribution in [-0.4, -0.2) is 40.0 Å². The maximum atomic E-state index is 5.48. The molecule has 0 aliphatic carbocycles. The van der Waals surface area contributed by atoms with Gasteiger partial charge in [0.2, 0.25) is 0 Å². The van der Waals surface area contributed by atoms with E-state index in [2.05, 4.69) is 33.0 Å². The van der Waals surface area contributed by atoms with Gasteiger partial charge in [-0.05, 0) is 43.7 Å². The van der Waals surface area contributed by atoms with E-state index < -0.39 is 0 Å². The second kappa shape index (κ2) is 11.9. The van der Waals surface area contributed by atoms with Gasteiger partial charge in [-0.1, -0.05) is 27.7 Å². The van der Waals surface area contributed by atoms with Gasteiger partial charge in [0.25, 0.3) is 0 Å². The van der Waals surface area contributed by atoms with E-state index in [1.165, 1.54) is 6.42 Å². The van der Waals surface area contributed by atoms with Crippen LogP contribution in [0.4, 0.5) is 0 Å². The first-order chi connectivity index (χ1) is 8.57. The fourth-order valence-electron chi connectivity index (χ4n) is 1.84. The number of nitrogens with one attached hydrogen (secondary N) is 1. The second-order valence-corrected chi connectivity index (χ2v) is 5.75. The summed E-state index contributed by atoms with van der Waals surface area (Å²) in [4.78, 5) is 0. The molecule has 0 bridgehead atoms. The van der Waals surface area contributed by atoms with Crippen molar-refractivity contribution in [2.45, 2.75) is 40.5 Å². The van der Waals surface area contributed by atoms with E-state index in [1.54, 1.807) is 7.11 Å². The second-order valence-electron chi connectivity index (χ2n) is 5.75. The molecule has 0 aliphatic rings. The van der Waals surface area contributed by atoms with Gasteiger partial charge in [0.1, 0.15) is 0 Å². The average molecular weight is 259 g/mol. The predicted octanol–water partition coefficient (Wildman–Crippen LogP) is 2.95. The van der Waals surface area contributed by atoms with Crippen LogP contribution < -0.4 is 5.32 Å². The van der Waals surface area contributed by atoms with Gasteiger partial charge in [-0.3, -0.25) is 0 Å². The molecule has 0 aliphatic heterocycles. The molecule has 0 rings (SSSR count). The number of ether oxygens (including phenoxy) is 2. The summed E-state index contributed by atoms with van der Waals surface area (Å²) < 4.78 is 10.4. The lowest BCUT2D eigenvalue weighted by atomic mass is 9.91. The Labute approximate surface area is 114 Å².